The molecule has 0 fully saturated rings. The van der Waals surface area contributed by atoms with E-state index in [0.717, 1.165) is 21.8 Å². The van der Waals surface area contributed by atoms with E-state index in [9.17, 15) is 9.59 Å². The fourth-order valence-electron chi connectivity index (χ4n) is 3.74. The Kier molecular flexibility index (Phi) is 5.58. The fourth-order valence-corrected chi connectivity index (χ4v) is 4.48. The number of fused-ring (bicyclic) bond motifs is 1. The number of carbonyl (C=O) groups excluding carboxylic acids is 1. The van der Waals surface area contributed by atoms with Crippen molar-refractivity contribution in [1.29, 1.82) is 0 Å². The van der Waals surface area contributed by atoms with Crippen LogP contribution in [0, 0.1) is 0 Å². The fraction of sp³-hybridized carbons (Fsp3) is 0.120. The van der Waals surface area contributed by atoms with Gasteiger partial charge in [0.05, 0.1) is 27.8 Å². The summed E-state index contributed by atoms with van der Waals surface area (Å²) in [6.07, 6.45) is 3.22. The lowest BCUT2D eigenvalue weighted by Gasteiger charge is -2.18. The monoisotopic (exact) mass is 455 g/mol. The molecule has 1 amide bonds. The molecule has 5 aromatic rings. The normalized spacial score (nSPS) is 11.1. The van der Waals surface area contributed by atoms with Gasteiger partial charge in [-0.1, -0.05) is 36.4 Å². The van der Waals surface area contributed by atoms with Crippen LogP contribution < -0.4 is 5.56 Å². The van der Waals surface area contributed by atoms with Gasteiger partial charge >= 0.3 is 0 Å². The highest BCUT2D eigenvalue weighted by molar-refractivity contribution is 7.13. The first-order chi connectivity index (χ1) is 16.1. The van der Waals surface area contributed by atoms with Crippen molar-refractivity contribution in [1.82, 2.24) is 24.2 Å². The van der Waals surface area contributed by atoms with Gasteiger partial charge in [0.15, 0.2) is 0 Å². The molecular weight excluding hydrogens is 434 g/mol. The molecule has 8 heteroatoms. The molecule has 2 aromatic carbocycles. The smallest absolute Gasteiger partial charge is 0.269 e. The van der Waals surface area contributed by atoms with Crippen molar-refractivity contribution in [2.45, 2.75) is 13.1 Å². The summed E-state index contributed by atoms with van der Waals surface area (Å²) in [6.45, 7) is 0.316. The van der Waals surface area contributed by atoms with Gasteiger partial charge in [0.1, 0.15) is 12.2 Å². The third-order valence-electron chi connectivity index (χ3n) is 5.44. The van der Waals surface area contributed by atoms with Crippen molar-refractivity contribution >= 4 is 28.3 Å². The topological polar surface area (TPSA) is 73.0 Å². The Bertz CT molecular complexity index is 1470. The molecule has 7 nitrogen and oxygen atoms in total. The van der Waals surface area contributed by atoms with Crippen LogP contribution in [0.1, 0.15) is 5.56 Å². The van der Waals surface area contributed by atoms with Crippen molar-refractivity contribution in [3.63, 3.8) is 0 Å². The summed E-state index contributed by atoms with van der Waals surface area (Å²) in [5.74, 6) is -0.168. The van der Waals surface area contributed by atoms with Crippen molar-refractivity contribution in [2.24, 2.45) is 0 Å². The molecule has 0 atom stereocenters. The summed E-state index contributed by atoms with van der Waals surface area (Å²) in [5, 5.41) is 6.81. The zero-order chi connectivity index (χ0) is 22.8. The van der Waals surface area contributed by atoms with Crippen LogP contribution in [0.2, 0.25) is 0 Å². The van der Waals surface area contributed by atoms with E-state index in [-0.39, 0.29) is 18.0 Å². The number of thiophene rings is 1. The van der Waals surface area contributed by atoms with E-state index in [1.54, 1.807) is 29.4 Å². The summed E-state index contributed by atoms with van der Waals surface area (Å²) in [6, 6.07) is 21.2. The van der Waals surface area contributed by atoms with Crippen molar-refractivity contribution in [2.75, 3.05) is 7.05 Å². The Morgan fingerprint density at radius 3 is 2.61 bits per heavy atom. The van der Waals surface area contributed by atoms with E-state index in [2.05, 4.69) is 4.98 Å². The Balaban J connectivity index is 1.44. The first kappa shape index (κ1) is 20.8. The summed E-state index contributed by atoms with van der Waals surface area (Å²) >= 11 is 1.61. The predicted octanol–water partition coefficient (Wildman–Crippen LogP) is 3.97. The lowest BCUT2D eigenvalue weighted by molar-refractivity contribution is -0.131. The van der Waals surface area contributed by atoms with Crippen LogP contribution in [0.3, 0.4) is 0 Å². The van der Waals surface area contributed by atoms with Crippen LogP contribution in [0.15, 0.2) is 89.3 Å². The summed E-state index contributed by atoms with van der Waals surface area (Å²) in [5.41, 5.74) is 3.75. The minimum Gasteiger partial charge on any atom is -0.340 e. The molecule has 3 heterocycles. The number of rotatable bonds is 6. The first-order valence-corrected chi connectivity index (χ1v) is 11.3. The molecule has 164 valence electrons. The van der Waals surface area contributed by atoms with Crippen LogP contribution in [0.4, 0.5) is 0 Å². The molecule has 0 aliphatic rings. The van der Waals surface area contributed by atoms with Gasteiger partial charge in [-0.3, -0.25) is 14.2 Å². The zero-order valence-corrected chi connectivity index (χ0v) is 18.8. The van der Waals surface area contributed by atoms with Gasteiger partial charge in [-0.15, -0.1) is 11.3 Å². The molecule has 0 unspecified atom stereocenters. The van der Waals surface area contributed by atoms with Crippen LogP contribution in [-0.4, -0.2) is 37.2 Å². The SMILES string of the molecule is CN(Cc1cn(-c2ccccc2)nc1-c1cccs1)C(=O)Cn1c(=O)cnc2ccccc21. The Morgan fingerprint density at radius 1 is 1.03 bits per heavy atom. The van der Waals surface area contributed by atoms with Crippen LogP contribution in [-0.2, 0) is 17.9 Å². The Hall–Kier alpha value is -4.04. The number of hydrogen-bond donors (Lipinski definition) is 0. The van der Waals surface area contributed by atoms with Gasteiger partial charge in [0.2, 0.25) is 5.91 Å². The highest BCUT2D eigenvalue weighted by Crippen LogP contribution is 2.28. The Morgan fingerprint density at radius 2 is 1.82 bits per heavy atom. The molecule has 5 rings (SSSR count). The number of likely N-dealkylation sites (N-methyl/N-ethyl adjacent to an activating group) is 1. The molecule has 0 aliphatic carbocycles. The number of carbonyl (C=O) groups is 1. The highest BCUT2D eigenvalue weighted by atomic mass is 32.1. The summed E-state index contributed by atoms with van der Waals surface area (Å²) in [7, 11) is 1.74. The van der Waals surface area contributed by atoms with Crippen LogP contribution >= 0.6 is 11.3 Å². The van der Waals surface area contributed by atoms with Gasteiger partial charge in [0.25, 0.3) is 5.56 Å². The molecule has 3 aromatic heterocycles. The Labute approximate surface area is 194 Å². The average molecular weight is 456 g/mol. The second-order valence-electron chi connectivity index (χ2n) is 7.68. The number of benzene rings is 2. The number of amides is 1. The molecule has 0 bridgehead atoms. The maximum atomic E-state index is 13.1. The zero-order valence-electron chi connectivity index (χ0n) is 18.0. The van der Waals surface area contributed by atoms with Gasteiger partial charge in [0, 0.05) is 25.4 Å². The molecule has 0 aliphatic heterocycles. The standard InChI is InChI=1S/C25H21N5O2S/c1-28(24(32)17-29-21-11-6-5-10-20(21)26-14-23(29)31)15-18-16-30(19-8-3-2-4-9-19)27-25(18)22-12-7-13-33-22/h2-14,16H,15,17H2,1H3. The van der Waals surface area contributed by atoms with E-state index in [4.69, 9.17) is 5.10 Å². The third kappa shape index (κ3) is 4.20. The average Bonchev–Trinajstić information content (AvgIpc) is 3.51. The van der Waals surface area contributed by atoms with Crippen molar-refractivity contribution < 1.29 is 4.79 Å². The second-order valence-corrected chi connectivity index (χ2v) is 8.63. The molecule has 0 saturated heterocycles. The lowest BCUT2D eigenvalue weighted by Crippen LogP contribution is -2.33. The van der Waals surface area contributed by atoms with Crippen LogP contribution in [0.25, 0.3) is 27.3 Å². The maximum Gasteiger partial charge on any atom is 0.269 e. The van der Waals surface area contributed by atoms with Crippen molar-refractivity contribution in [3.8, 4) is 16.3 Å². The second kappa shape index (κ2) is 8.84. The van der Waals surface area contributed by atoms with Gasteiger partial charge < -0.3 is 4.90 Å². The summed E-state index contributed by atoms with van der Waals surface area (Å²) in [4.78, 5) is 32.4. The first-order valence-electron chi connectivity index (χ1n) is 10.5. The number of aromatic nitrogens is 4. The minimum absolute atomic E-state index is 0.0560. The molecule has 0 saturated carbocycles. The molecule has 33 heavy (non-hydrogen) atoms. The molecule has 0 spiro atoms. The predicted molar refractivity (Wildman–Crippen MR) is 129 cm³/mol. The molecular formula is C25H21N5O2S. The summed E-state index contributed by atoms with van der Waals surface area (Å²) < 4.78 is 3.30. The quantitative estimate of drug-likeness (QED) is 0.388. The highest BCUT2D eigenvalue weighted by Gasteiger charge is 2.18. The van der Waals surface area contributed by atoms with Crippen LogP contribution in [0.5, 0.6) is 0 Å². The van der Waals surface area contributed by atoms with E-state index < -0.39 is 0 Å². The van der Waals surface area contributed by atoms with Gasteiger partial charge in [-0.2, -0.15) is 5.10 Å². The number of nitrogens with zero attached hydrogens (tertiary/aromatic N) is 5. The van der Waals surface area contributed by atoms with Gasteiger partial charge in [-0.25, -0.2) is 9.67 Å². The molecule has 0 radical (unpaired) electrons. The lowest BCUT2D eigenvalue weighted by atomic mass is 10.2. The number of hydrogen-bond acceptors (Lipinski definition) is 5. The largest absolute Gasteiger partial charge is 0.340 e. The van der Waals surface area contributed by atoms with E-state index in [1.165, 1.54) is 10.8 Å². The maximum absolute atomic E-state index is 13.1. The minimum atomic E-state index is -0.299. The van der Waals surface area contributed by atoms with Crippen molar-refractivity contribution in [3.05, 3.63) is 100 Å². The van der Waals surface area contributed by atoms with E-state index >= 15 is 0 Å². The third-order valence-corrected chi connectivity index (χ3v) is 6.32. The van der Waals surface area contributed by atoms with E-state index in [0.29, 0.717) is 17.6 Å². The number of para-hydroxylation sites is 3. The molecule has 0 N–H and O–H groups in total. The van der Waals surface area contributed by atoms with E-state index in [1.807, 2.05) is 76.9 Å². The van der Waals surface area contributed by atoms with Gasteiger partial charge in [-0.05, 0) is 35.7 Å².